The van der Waals surface area contributed by atoms with Crippen LogP contribution in [0.3, 0.4) is 0 Å². The molecular weight excluding hydrogens is 486 g/mol. The molecule has 10 nitrogen and oxygen atoms in total. The number of hydrogen-bond acceptors (Lipinski definition) is 5. The fourth-order valence-electron chi connectivity index (χ4n) is 5.91. The summed E-state index contributed by atoms with van der Waals surface area (Å²) in [6, 6.07) is -5.21. The lowest BCUT2D eigenvalue weighted by molar-refractivity contribution is -0.144. The zero-order valence-corrected chi connectivity index (χ0v) is 22.8. The monoisotopic (exact) mass is 542 g/mol. The minimum absolute atomic E-state index is 0.0599. The average molecular weight is 543 g/mol. The summed E-state index contributed by atoms with van der Waals surface area (Å²) in [6.45, 7) is -1.92. The largest absolute Gasteiger partial charge is 0.363 e. The predicted octanol–water partition coefficient (Wildman–Crippen LogP) is 2.10. The third-order valence-electron chi connectivity index (χ3n) is 8.15. The highest BCUT2D eigenvalue weighted by molar-refractivity contribution is 6.37. The van der Waals surface area contributed by atoms with E-state index in [1.54, 1.807) is 26.1 Å². The smallest absolute Gasteiger partial charge is 0.315 e. The van der Waals surface area contributed by atoms with Gasteiger partial charge in [-0.3, -0.25) is 19.2 Å². The molecule has 1 heterocycles. The number of carbonyl (C=O) groups excluding carboxylic acids is 5. The van der Waals surface area contributed by atoms with Gasteiger partial charge in [-0.05, 0) is 62.0 Å². The molecule has 1 aliphatic heterocycles. The van der Waals surface area contributed by atoms with Crippen molar-refractivity contribution in [1.29, 1.82) is 0 Å². The quantitative estimate of drug-likeness (QED) is 0.329. The zero-order chi connectivity index (χ0) is 36.3. The number of amides is 5. The highest BCUT2D eigenvalue weighted by Gasteiger charge is 2.69. The molecule has 0 bridgehead atoms. The zero-order valence-electron chi connectivity index (χ0n) is 31.8. The number of nitrogens with zero attached hydrogens (tertiary/aromatic N) is 1. The number of primary amides is 1. The second-order valence-electron chi connectivity index (χ2n) is 12.9. The highest BCUT2D eigenvalue weighted by atomic mass is 16.2. The number of rotatable bonds is 9. The maximum absolute atomic E-state index is 14.2. The van der Waals surface area contributed by atoms with Gasteiger partial charge in [0.15, 0.2) is 0 Å². The van der Waals surface area contributed by atoms with E-state index in [1.165, 1.54) is 4.90 Å². The molecule has 2 saturated carbocycles. The summed E-state index contributed by atoms with van der Waals surface area (Å²) in [5.41, 5.74) is 0.601. The molecule has 0 spiro atoms. The summed E-state index contributed by atoms with van der Waals surface area (Å²) >= 11 is 0. The van der Waals surface area contributed by atoms with Gasteiger partial charge in [0.05, 0.1) is 6.04 Å². The number of urea groups is 1. The van der Waals surface area contributed by atoms with E-state index in [9.17, 15) is 24.0 Å². The van der Waals surface area contributed by atoms with E-state index in [2.05, 4.69) is 10.6 Å². The van der Waals surface area contributed by atoms with Gasteiger partial charge < -0.3 is 26.6 Å². The molecule has 3 rings (SSSR count). The van der Waals surface area contributed by atoms with E-state index in [-0.39, 0.29) is 42.6 Å². The maximum Gasteiger partial charge on any atom is 0.315 e. The first-order valence-electron chi connectivity index (χ1n) is 17.6. The van der Waals surface area contributed by atoms with Gasteiger partial charge in [-0.2, -0.15) is 0 Å². The number of nitrogens with two attached hydrogens (primary N) is 1. The van der Waals surface area contributed by atoms with E-state index in [1.807, 2.05) is 13.8 Å². The summed E-state index contributed by atoms with van der Waals surface area (Å²) in [6.07, 6.45) is 2.78. The molecule has 1 saturated heterocycles. The van der Waals surface area contributed by atoms with Crippen LogP contribution in [0.15, 0.2) is 0 Å². The molecule has 5 atom stereocenters. The van der Waals surface area contributed by atoms with Crippen LogP contribution in [0.2, 0.25) is 0 Å². The Kier molecular flexibility index (Phi) is 5.36. The summed E-state index contributed by atoms with van der Waals surface area (Å²) in [4.78, 5) is 67.1. The number of likely N-dealkylation sites (tertiary alicyclic amines) is 1. The van der Waals surface area contributed by atoms with Crippen LogP contribution in [0.5, 0.6) is 0 Å². The van der Waals surface area contributed by atoms with E-state index in [4.69, 9.17) is 18.1 Å². The Morgan fingerprint density at radius 1 is 1.05 bits per heavy atom. The number of nitrogens with one attached hydrogen (secondary N) is 3. The van der Waals surface area contributed by atoms with Crippen LogP contribution in [0.25, 0.3) is 0 Å². The van der Waals surface area contributed by atoms with Gasteiger partial charge in [0, 0.05) is 24.4 Å². The molecule has 1 unspecified atom stereocenters. The molecule has 2 aliphatic carbocycles. The van der Waals surface area contributed by atoms with E-state index >= 15 is 0 Å². The molecule has 0 aromatic heterocycles. The third kappa shape index (κ3) is 6.86. The van der Waals surface area contributed by atoms with Crippen molar-refractivity contribution in [3.63, 3.8) is 0 Å². The summed E-state index contributed by atoms with van der Waals surface area (Å²) in [5.74, 6) is -3.85. The van der Waals surface area contributed by atoms with E-state index < -0.39 is 79.2 Å². The molecule has 214 valence electrons. The number of ketones is 1. The van der Waals surface area contributed by atoms with Crippen molar-refractivity contribution in [1.82, 2.24) is 20.9 Å². The molecule has 10 heteroatoms. The van der Waals surface area contributed by atoms with Crippen LogP contribution in [-0.4, -0.2) is 64.6 Å². The van der Waals surface area contributed by atoms with Crippen LogP contribution in [0.4, 0.5) is 4.79 Å². The summed E-state index contributed by atoms with van der Waals surface area (Å²) in [5, 5.41) is 6.65. The lowest BCUT2D eigenvalue weighted by atomic mass is 9.80. The van der Waals surface area contributed by atoms with Crippen LogP contribution >= 0.6 is 0 Å². The van der Waals surface area contributed by atoms with Crippen LogP contribution in [-0.2, 0) is 19.2 Å². The van der Waals surface area contributed by atoms with Gasteiger partial charge in [0.1, 0.15) is 12.1 Å². The fourth-order valence-corrected chi connectivity index (χ4v) is 5.91. The van der Waals surface area contributed by atoms with Crippen molar-refractivity contribution in [2.75, 3.05) is 6.54 Å². The first-order valence-corrected chi connectivity index (χ1v) is 13.1. The summed E-state index contributed by atoms with van der Waals surface area (Å²) < 4.78 is 70.2. The van der Waals surface area contributed by atoms with Crippen molar-refractivity contribution in [3.05, 3.63) is 0 Å². The molecule has 0 radical (unpaired) electrons. The van der Waals surface area contributed by atoms with Crippen LogP contribution in [0, 0.1) is 28.6 Å². The van der Waals surface area contributed by atoms with Gasteiger partial charge in [-0.1, -0.05) is 53.9 Å². The number of Topliss-reactive ketones (excluding diaryl/α,β-unsaturated/α-hetero) is 1. The minimum atomic E-state index is -3.71. The van der Waals surface area contributed by atoms with Gasteiger partial charge in [-0.25, -0.2) is 4.79 Å². The van der Waals surface area contributed by atoms with Gasteiger partial charge in [-0.15, -0.1) is 0 Å². The van der Waals surface area contributed by atoms with Crippen molar-refractivity contribution in [3.8, 4) is 0 Å². The van der Waals surface area contributed by atoms with Crippen LogP contribution < -0.4 is 21.7 Å². The minimum Gasteiger partial charge on any atom is -0.363 e. The van der Waals surface area contributed by atoms with E-state index in [0.717, 1.165) is 19.3 Å². The molecule has 38 heavy (non-hydrogen) atoms. The van der Waals surface area contributed by atoms with Gasteiger partial charge in [0.2, 0.25) is 17.6 Å². The lowest BCUT2D eigenvalue weighted by Gasteiger charge is -2.36. The normalized spacial score (nSPS) is 30.4. The predicted molar refractivity (Wildman–Crippen MR) is 144 cm³/mol. The van der Waals surface area contributed by atoms with Crippen molar-refractivity contribution >= 4 is 29.5 Å². The second kappa shape index (κ2) is 10.5. The second-order valence-corrected chi connectivity index (χ2v) is 12.9. The molecular formula is C28H47N5O5. The lowest BCUT2D eigenvalue weighted by Crippen LogP contribution is -2.60. The fraction of sp³-hybridized carbons (Fsp3) is 0.821. The average Bonchev–Trinajstić information content (AvgIpc) is 3.17. The van der Waals surface area contributed by atoms with Crippen molar-refractivity contribution in [2.45, 2.75) is 111 Å². The standard InChI is InChI=1S/C28H47N5O5/c1-26(2,3)13-18(31-25(38)32-27(4,5)6)24(37)33-14-16-19(28(16,7)8)20(33)23(36)30-17(21(34)22(29)35)12-15-10-9-11-15/h15-20H,9-14H2,1-8H3,(H2,29,35)(H,30,36)(H2,31,32,38)/t16-,17?,18-,19-,20-/m0/s1/i4D3,5D3,6D3. The van der Waals surface area contributed by atoms with Crippen molar-refractivity contribution in [2.24, 2.45) is 34.3 Å². The Hall–Kier alpha value is -2.65. The van der Waals surface area contributed by atoms with Crippen molar-refractivity contribution < 1.29 is 36.3 Å². The van der Waals surface area contributed by atoms with E-state index in [0.29, 0.717) is 0 Å². The Bertz CT molecular complexity index is 1230. The Labute approximate surface area is 239 Å². The molecule has 3 aliphatic rings. The number of fused-ring (bicyclic) bond motifs is 1. The SMILES string of the molecule is [2H]C([2H])([2H])C(NC(=O)N[C@@H](CC(C)(C)C)C(=O)N1C[C@H]2[C@@H]([C@H]1C(=O)NC(CC1CCC1)C(=O)C(N)=O)C2(C)C)(C([2H])([2H])[2H])C([2H])([2H])[2H]. The Morgan fingerprint density at radius 2 is 1.68 bits per heavy atom. The Balaban J connectivity index is 1.94. The third-order valence-corrected chi connectivity index (χ3v) is 8.15. The first-order chi connectivity index (χ1) is 21.1. The highest BCUT2D eigenvalue weighted by Crippen LogP contribution is 2.65. The number of carbonyl (C=O) groups is 5. The molecule has 5 N–H and O–H groups in total. The Morgan fingerprint density at radius 3 is 2.18 bits per heavy atom. The molecule has 5 amide bonds. The summed E-state index contributed by atoms with van der Waals surface area (Å²) in [7, 11) is 0. The number of piperidine rings is 1. The first kappa shape index (κ1) is 19.4. The molecule has 0 aromatic rings. The van der Waals surface area contributed by atoms with Crippen LogP contribution in [0.1, 0.15) is 99.6 Å². The number of hydrogen-bond donors (Lipinski definition) is 4. The topological polar surface area (TPSA) is 151 Å². The molecule has 3 fully saturated rings. The molecule has 0 aromatic carbocycles. The van der Waals surface area contributed by atoms with Gasteiger partial charge >= 0.3 is 6.03 Å². The maximum atomic E-state index is 14.2. The van der Waals surface area contributed by atoms with Gasteiger partial charge in [0.25, 0.3) is 5.91 Å².